The molecule has 0 saturated heterocycles. The largest absolute Gasteiger partial charge is 0.444 e. The number of hydrogen-bond donors (Lipinski definition) is 2. The lowest BCUT2D eigenvalue weighted by atomic mass is 9.90. The number of anilines is 1. The summed E-state index contributed by atoms with van der Waals surface area (Å²) in [5, 5.41) is 5.84. The van der Waals surface area contributed by atoms with E-state index in [-0.39, 0.29) is 12.5 Å². The number of nitrogens with zero attached hydrogens (tertiary/aromatic N) is 3. The summed E-state index contributed by atoms with van der Waals surface area (Å²) in [6, 6.07) is 0. The Morgan fingerprint density at radius 2 is 1.90 bits per heavy atom. The van der Waals surface area contributed by atoms with Gasteiger partial charge in [0.2, 0.25) is 5.91 Å². The molecule has 2 N–H and O–H groups in total. The molecule has 0 aliphatic carbocycles. The fourth-order valence-corrected chi connectivity index (χ4v) is 2.32. The van der Waals surface area contributed by atoms with Gasteiger partial charge in [-0.1, -0.05) is 18.8 Å². The van der Waals surface area contributed by atoms with Gasteiger partial charge in [0.1, 0.15) is 18.0 Å². The molecule has 0 aliphatic heterocycles. The molecule has 0 fully saturated rings. The van der Waals surface area contributed by atoms with Crippen LogP contribution in [0.15, 0.2) is 6.20 Å². The van der Waals surface area contributed by atoms with Crippen LogP contribution in [0, 0.1) is 23.3 Å². The number of carbonyl (C=O) groups excluding carboxylic acids is 2. The highest BCUT2D eigenvalue weighted by molar-refractivity contribution is 5.82. The molecule has 0 spiro atoms. The van der Waals surface area contributed by atoms with Crippen molar-refractivity contribution in [3.05, 3.63) is 17.8 Å². The molecule has 31 heavy (non-hydrogen) atoms. The second-order valence-corrected chi connectivity index (χ2v) is 8.90. The van der Waals surface area contributed by atoms with Crippen molar-refractivity contribution in [1.29, 1.82) is 0 Å². The zero-order valence-electron chi connectivity index (χ0n) is 19.6. The van der Waals surface area contributed by atoms with Gasteiger partial charge < -0.3 is 20.3 Å². The van der Waals surface area contributed by atoms with E-state index in [0.29, 0.717) is 30.9 Å². The first-order valence-corrected chi connectivity index (χ1v) is 10.3. The Hall–Kier alpha value is -2.89. The summed E-state index contributed by atoms with van der Waals surface area (Å²) in [7, 11) is 1.51. The number of hydrogen-bond acceptors (Lipinski definition) is 6. The predicted octanol–water partition coefficient (Wildman–Crippen LogP) is 3.19. The van der Waals surface area contributed by atoms with Crippen molar-refractivity contribution < 1.29 is 18.7 Å². The van der Waals surface area contributed by atoms with Crippen LogP contribution < -0.4 is 10.6 Å². The maximum Gasteiger partial charge on any atom is 0.410 e. The number of carbonyl (C=O) groups is 2. The summed E-state index contributed by atoms with van der Waals surface area (Å²) >= 11 is 0. The third kappa shape index (κ3) is 10.6. The number of rotatable bonds is 8. The zero-order valence-corrected chi connectivity index (χ0v) is 19.6. The van der Waals surface area contributed by atoms with E-state index in [1.165, 1.54) is 18.1 Å². The Kier molecular flexibility index (Phi) is 9.69. The fraction of sp³-hybridized carbons (Fsp3) is 0.636. The summed E-state index contributed by atoms with van der Waals surface area (Å²) in [5.41, 5.74) is -0.516. The van der Waals surface area contributed by atoms with Crippen molar-refractivity contribution in [2.45, 2.75) is 60.0 Å². The highest BCUT2D eigenvalue weighted by atomic mass is 19.1. The number of ether oxygens (including phenoxy) is 1. The van der Waals surface area contributed by atoms with Gasteiger partial charge in [-0.25, -0.2) is 9.78 Å². The Morgan fingerprint density at radius 1 is 1.23 bits per heavy atom. The number of nitrogens with one attached hydrogen (secondary N) is 2. The van der Waals surface area contributed by atoms with Gasteiger partial charge in [-0.05, 0) is 47.5 Å². The minimum atomic E-state index is -0.803. The number of halogens is 1. The van der Waals surface area contributed by atoms with E-state index in [4.69, 9.17) is 4.74 Å². The molecule has 0 aromatic carbocycles. The predicted molar refractivity (Wildman–Crippen MR) is 118 cm³/mol. The smallest absolute Gasteiger partial charge is 0.410 e. The third-order valence-corrected chi connectivity index (χ3v) is 4.00. The minimum absolute atomic E-state index is 0.0968. The summed E-state index contributed by atoms with van der Waals surface area (Å²) in [4.78, 5) is 32.6. The summed E-state index contributed by atoms with van der Waals surface area (Å²) in [6.07, 6.45) is 1.46. The SMILES string of the molecule is CCCNc1nc(F)ncc1C#CC(C)(C)CCNC(=O)CN(C)C(=O)OC(C)(C)C. The quantitative estimate of drug-likeness (QED) is 0.481. The Labute approximate surface area is 184 Å². The first-order valence-electron chi connectivity index (χ1n) is 10.3. The van der Waals surface area contributed by atoms with Crippen LogP contribution in [0.25, 0.3) is 0 Å². The summed E-state index contributed by atoms with van der Waals surface area (Å²) in [5.74, 6) is 6.24. The van der Waals surface area contributed by atoms with Gasteiger partial charge in [0.15, 0.2) is 0 Å². The number of aromatic nitrogens is 2. The van der Waals surface area contributed by atoms with Crippen molar-refractivity contribution in [3.8, 4) is 11.8 Å². The van der Waals surface area contributed by atoms with Gasteiger partial charge in [0.05, 0.1) is 11.8 Å². The molecule has 1 rings (SSSR count). The molecule has 9 heteroatoms. The number of likely N-dealkylation sites (N-methyl/N-ethyl adjacent to an activating group) is 1. The van der Waals surface area contributed by atoms with E-state index in [2.05, 4.69) is 32.4 Å². The lowest BCUT2D eigenvalue weighted by Gasteiger charge is -2.24. The topological polar surface area (TPSA) is 96.5 Å². The van der Waals surface area contributed by atoms with Crippen LogP contribution in [0.3, 0.4) is 0 Å². The molecule has 1 aromatic heterocycles. The maximum absolute atomic E-state index is 13.3. The minimum Gasteiger partial charge on any atom is -0.444 e. The van der Waals surface area contributed by atoms with Crippen molar-refractivity contribution in [2.24, 2.45) is 5.41 Å². The van der Waals surface area contributed by atoms with Crippen LogP contribution in [0.1, 0.15) is 59.9 Å². The van der Waals surface area contributed by atoms with Crippen LogP contribution in [-0.2, 0) is 9.53 Å². The van der Waals surface area contributed by atoms with Crippen molar-refractivity contribution in [3.63, 3.8) is 0 Å². The average Bonchev–Trinajstić information content (AvgIpc) is 2.64. The van der Waals surface area contributed by atoms with E-state index in [1.807, 2.05) is 20.8 Å². The Balaban J connectivity index is 2.60. The molecule has 0 aliphatic rings. The first-order chi connectivity index (χ1) is 14.3. The van der Waals surface area contributed by atoms with Gasteiger partial charge in [0, 0.05) is 25.6 Å². The summed E-state index contributed by atoms with van der Waals surface area (Å²) in [6.45, 7) is 12.1. The van der Waals surface area contributed by atoms with E-state index in [9.17, 15) is 14.0 Å². The maximum atomic E-state index is 13.3. The van der Waals surface area contributed by atoms with Crippen molar-refractivity contribution >= 4 is 17.8 Å². The number of amides is 2. The Bertz CT molecular complexity index is 825. The monoisotopic (exact) mass is 435 g/mol. The molecule has 0 atom stereocenters. The first kappa shape index (κ1) is 26.1. The van der Waals surface area contributed by atoms with Crippen LogP contribution >= 0.6 is 0 Å². The van der Waals surface area contributed by atoms with Crippen LogP contribution in [0.5, 0.6) is 0 Å². The van der Waals surface area contributed by atoms with Crippen LogP contribution in [-0.4, -0.2) is 59.2 Å². The van der Waals surface area contributed by atoms with E-state index < -0.39 is 23.2 Å². The molecule has 172 valence electrons. The normalized spacial score (nSPS) is 11.2. The summed E-state index contributed by atoms with van der Waals surface area (Å²) < 4.78 is 18.6. The van der Waals surface area contributed by atoms with Gasteiger partial charge in [-0.15, -0.1) is 0 Å². The fourth-order valence-electron chi connectivity index (χ4n) is 2.32. The molecule has 0 bridgehead atoms. The zero-order chi connectivity index (χ0) is 23.7. The molecular formula is C22H34FN5O3. The van der Waals surface area contributed by atoms with E-state index in [1.54, 1.807) is 20.8 Å². The average molecular weight is 436 g/mol. The lowest BCUT2D eigenvalue weighted by molar-refractivity contribution is -0.122. The second kappa shape index (κ2) is 11.5. The van der Waals surface area contributed by atoms with Gasteiger partial charge in [-0.3, -0.25) is 4.79 Å². The van der Waals surface area contributed by atoms with Gasteiger partial charge in [0.25, 0.3) is 0 Å². The van der Waals surface area contributed by atoms with Gasteiger partial charge in [-0.2, -0.15) is 9.37 Å². The highest BCUT2D eigenvalue weighted by Crippen LogP contribution is 2.19. The third-order valence-electron chi connectivity index (χ3n) is 4.00. The van der Waals surface area contributed by atoms with E-state index in [0.717, 1.165) is 6.42 Å². The molecule has 8 nitrogen and oxygen atoms in total. The second-order valence-electron chi connectivity index (χ2n) is 8.90. The lowest BCUT2D eigenvalue weighted by Crippen LogP contribution is -2.41. The molecular weight excluding hydrogens is 401 g/mol. The standard InChI is InChI=1S/C22H34FN5O3/c1-8-12-25-18-16(14-26-19(23)27-18)9-10-22(5,6)11-13-24-17(29)15-28(7)20(30)31-21(2,3)4/h14H,8,11-13,15H2,1-7H3,(H,24,29)(H,25,26,27). The molecule has 0 radical (unpaired) electrons. The van der Waals surface area contributed by atoms with Crippen LogP contribution in [0.4, 0.5) is 15.0 Å². The molecule has 2 amide bonds. The molecule has 1 aromatic rings. The Morgan fingerprint density at radius 3 is 2.52 bits per heavy atom. The molecule has 0 unspecified atom stereocenters. The van der Waals surface area contributed by atoms with E-state index >= 15 is 0 Å². The van der Waals surface area contributed by atoms with Crippen molar-refractivity contribution in [1.82, 2.24) is 20.2 Å². The van der Waals surface area contributed by atoms with Gasteiger partial charge >= 0.3 is 12.2 Å². The molecule has 0 saturated carbocycles. The molecule has 1 heterocycles. The van der Waals surface area contributed by atoms with Crippen molar-refractivity contribution in [2.75, 3.05) is 32.0 Å². The van der Waals surface area contributed by atoms with Crippen LogP contribution in [0.2, 0.25) is 0 Å². The highest BCUT2D eigenvalue weighted by Gasteiger charge is 2.21.